The normalized spacial score (nSPS) is 12.8. The highest BCUT2D eigenvalue weighted by Crippen LogP contribution is 1.95. The summed E-state index contributed by atoms with van der Waals surface area (Å²) in [5, 5.41) is 8.75. The SMILES string of the molecule is CC(C)COC(=O)OCC(C)O. The molecule has 0 heterocycles. The Hall–Kier alpha value is -0.770. The second-order valence-corrected chi connectivity index (χ2v) is 3.11. The second-order valence-electron chi connectivity index (χ2n) is 3.11. The van der Waals surface area contributed by atoms with Crippen LogP contribution in [0.2, 0.25) is 0 Å². The van der Waals surface area contributed by atoms with E-state index in [1.165, 1.54) is 6.92 Å². The van der Waals surface area contributed by atoms with E-state index in [0.29, 0.717) is 12.5 Å². The first kappa shape index (κ1) is 11.2. The van der Waals surface area contributed by atoms with Gasteiger partial charge in [0.25, 0.3) is 0 Å². The lowest BCUT2D eigenvalue weighted by Gasteiger charge is -2.08. The molecule has 0 saturated carbocycles. The molecule has 1 N–H and O–H groups in total. The summed E-state index contributed by atoms with van der Waals surface area (Å²) >= 11 is 0. The quantitative estimate of drug-likeness (QED) is 0.653. The zero-order valence-electron chi connectivity index (χ0n) is 7.74. The molecule has 1 atom stereocenters. The maximum absolute atomic E-state index is 10.7. The van der Waals surface area contributed by atoms with E-state index in [0.717, 1.165) is 0 Å². The largest absolute Gasteiger partial charge is 0.508 e. The second kappa shape index (κ2) is 5.83. The summed E-state index contributed by atoms with van der Waals surface area (Å²) in [5.74, 6) is 0.295. The van der Waals surface area contributed by atoms with E-state index in [1.807, 2.05) is 13.8 Å². The van der Waals surface area contributed by atoms with Gasteiger partial charge in [-0.15, -0.1) is 0 Å². The van der Waals surface area contributed by atoms with Gasteiger partial charge in [-0.3, -0.25) is 0 Å². The van der Waals surface area contributed by atoms with E-state index in [1.54, 1.807) is 0 Å². The first-order chi connectivity index (χ1) is 5.52. The minimum atomic E-state index is -0.718. The van der Waals surface area contributed by atoms with Crippen LogP contribution < -0.4 is 0 Å². The molecule has 1 unspecified atom stereocenters. The summed E-state index contributed by atoms with van der Waals surface area (Å²) in [7, 11) is 0. The fourth-order valence-corrected chi connectivity index (χ4v) is 0.465. The summed E-state index contributed by atoms with van der Waals surface area (Å²) < 4.78 is 9.22. The molecule has 0 aromatic heterocycles. The number of aliphatic hydroxyl groups excluding tert-OH is 1. The Morgan fingerprint density at radius 3 is 2.17 bits per heavy atom. The van der Waals surface area contributed by atoms with Crippen molar-refractivity contribution in [2.75, 3.05) is 13.2 Å². The third-order valence-electron chi connectivity index (χ3n) is 0.977. The third kappa shape index (κ3) is 7.34. The number of carbonyl (C=O) groups is 1. The molecule has 0 rings (SSSR count). The van der Waals surface area contributed by atoms with Gasteiger partial charge in [0.15, 0.2) is 0 Å². The average Bonchev–Trinajstić information content (AvgIpc) is 1.96. The number of hydrogen-bond acceptors (Lipinski definition) is 4. The molecule has 4 heteroatoms. The fourth-order valence-electron chi connectivity index (χ4n) is 0.465. The van der Waals surface area contributed by atoms with E-state index in [2.05, 4.69) is 9.47 Å². The van der Waals surface area contributed by atoms with Crippen LogP contribution in [0.1, 0.15) is 20.8 Å². The average molecular weight is 176 g/mol. The highest BCUT2D eigenvalue weighted by molar-refractivity contribution is 5.59. The van der Waals surface area contributed by atoms with Gasteiger partial charge >= 0.3 is 6.16 Å². The van der Waals surface area contributed by atoms with Gasteiger partial charge in [-0.25, -0.2) is 4.79 Å². The van der Waals surface area contributed by atoms with Crippen molar-refractivity contribution < 1.29 is 19.4 Å². The minimum absolute atomic E-state index is 0.0169. The molecule has 0 aliphatic heterocycles. The lowest BCUT2D eigenvalue weighted by molar-refractivity contribution is 0.0190. The van der Waals surface area contributed by atoms with E-state index < -0.39 is 12.3 Å². The predicted molar refractivity (Wildman–Crippen MR) is 43.8 cm³/mol. The number of ether oxygens (including phenoxy) is 2. The maximum atomic E-state index is 10.7. The molecular weight excluding hydrogens is 160 g/mol. The van der Waals surface area contributed by atoms with Gasteiger partial charge in [-0.2, -0.15) is 0 Å². The summed E-state index contributed by atoms with van der Waals surface area (Å²) in [6, 6.07) is 0. The van der Waals surface area contributed by atoms with Gasteiger partial charge < -0.3 is 14.6 Å². The van der Waals surface area contributed by atoms with Crippen LogP contribution in [0, 0.1) is 5.92 Å². The first-order valence-electron chi connectivity index (χ1n) is 4.00. The molecule has 72 valence electrons. The molecule has 0 amide bonds. The first-order valence-corrected chi connectivity index (χ1v) is 4.00. The van der Waals surface area contributed by atoms with Crippen LogP contribution in [0.3, 0.4) is 0 Å². The molecule has 0 aromatic rings. The Kier molecular flexibility index (Phi) is 5.45. The smallest absolute Gasteiger partial charge is 0.434 e. The molecule has 0 aromatic carbocycles. The van der Waals surface area contributed by atoms with Crippen LogP contribution in [0.15, 0.2) is 0 Å². The van der Waals surface area contributed by atoms with Crippen LogP contribution in [0.4, 0.5) is 4.79 Å². The van der Waals surface area contributed by atoms with Crippen molar-refractivity contribution in [1.29, 1.82) is 0 Å². The molecule has 12 heavy (non-hydrogen) atoms. The van der Waals surface area contributed by atoms with E-state index in [9.17, 15) is 4.79 Å². The van der Waals surface area contributed by atoms with Crippen molar-refractivity contribution in [1.82, 2.24) is 0 Å². The van der Waals surface area contributed by atoms with Crippen LogP contribution in [0.5, 0.6) is 0 Å². The molecule has 0 saturated heterocycles. The van der Waals surface area contributed by atoms with Crippen LogP contribution in [-0.2, 0) is 9.47 Å². The van der Waals surface area contributed by atoms with Crippen LogP contribution in [0.25, 0.3) is 0 Å². The predicted octanol–water partition coefficient (Wildman–Crippen LogP) is 1.18. The van der Waals surface area contributed by atoms with E-state index in [4.69, 9.17) is 5.11 Å². The summed E-state index contributed by atoms with van der Waals surface area (Å²) in [6.45, 7) is 5.73. The van der Waals surface area contributed by atoms with Crippen molar-refractivity contribution in [2.45, 2.75) is 26.9 Å². The number of hydrogen-bond donors (Lipinski definition) is 1. The number of carbonyl (C=O) groups excluding carboxylic acids is 1. The van der Waals surface area contributed by atoms with Gasteiger partial charge in [-0.1, -0.05) is 13.8 Å². The topological polar surface area (TPSA) is 55.8 Å². The zero-order chi connectivity index (χ0) is 9.56. The Morgan fingerprint density at radius 1 is 1.25 bits per heavy atom. The molecule has 0 aliphatic rings. The van der Waals surface area contributed by atoms with Crippen molar-refractivity contribution in [3.05, 3.63) is 0 Å². The number of aliphatic hydroxyl groups is 1. The Morgan fingerprint density at radius 2 is 1.75 bits per heavy atom. The Balaban J connectivity index is 3.34. The highest BCUT2D eigenvalue weighted by atomic mass is 16.7. The molecular formula is C8H16O4. The lowest BCUT2D eigenvalue weighted by atomic mass is 10.2. The molecule has 4 nitrogen and oxygen atoms in total. The minimum Gasteiger partial charge on any atom is -0.434 e. The van der Waals surface area contributed by atoms with Gasteiger partial charge in [0.05, 0.1) is 12.7 Å². The fraction of sp³-hybridized carbons (Fsp3) is 0.875. The van der Waals surface area contributed by atoms with Crippen LogP contribution >= 0.6 is 0 Å². The Bertz CT molecular complexity index is 117. The lowest BCUT2D eigenvalue weighted by Crippen LogP contribution is -2.17. The molecule has 0 radical (unpaired) electrons. The van der Waals surface area contributed by atoms with Crippen molar-refractivity contribution >= 4 is 6.16 Å². The monoisotopic (exact) mass is 176 g/mol. The molecule has 0 bridgehead atoms. The summed E-state index contributed by atoms with van der Waals surface area (Å²) in [4.78, 5) is 10.7. The molecule has 0 aliphatic carbocycles. The Labute approximate surface area is 72.5 Å². The number of rotatable bonds is 4. The van der Waals surface area contributed by atoms with Gasteiger partial charge in [-0.05, 0) is 12.8 Å². The van der Waals surface area contributed by atoms with Crippen molar-refractivity contribution in [2.24, 2.45) is 5.92 Å². The van der Waals surface area contributed by atoms with E-state index in [-0.39, 0.29) is 6.61 Å². The van der Waals surface area contributed by atoms with Gasteiger partial charge in [0, 0.05) is 0 Å². The van der Waals surface area contributed by atoms with E-state index >= 15 is 0 Å². The summed E-state index contributed by atoms with van der Waals surface area (Å²) in [5.41, 5.74) is 0. The van der Waals surface area contributed by atoms with Gasteiger partial charge in [0.2, 0.25) is 0 Å². The maximum Gasteiger partial charge on any atom is 0.508 e. The molecule has 0 spiro atoms. The van der Waals surface area contributed by atoms with Crippen molar-refractivity contribution in [3.63, 3.8) is 0 Å². The van der Waals surface area contributed by atoms with Crippen molar-refractivity contribution in [3.8, 4) is 0 Å². The van der Waals surface area contributed by atoms with Crippen LogP contribution in [-0.4, -0.2) is 30.6 Å². The highest BCUT2D eigenvalue weighted by Gasteiger charge is 2.06. The third-order valence-corrected chi connectivity index (χ3v) is 0.977. The summed E-state index contributed by atoms with van der Waals surface area (Å²) in [6.07, 6.45) is -1.36. The molecule has 0 fully saturated rings. The van der Waals surface area contributed by atoms with Gasteiger partial charge in [0.1, 0.15) is 6.61 Å². The standard InChI is InChI=1S/C8H16O4/c1-6(2)4-11-8(10)12-5-7(3)9/h6-7,9H,4-5H2,1-3H3. The zero-order valence-corrected chi connectivity index (χ0v) is 7.74.